The third kappa shape index (κ3) is 2.66. The summed E-state index contributed by atoms with van der Waals surface area (Å²) in [6.45, 7) is 4.63. The monoisotopic (exact) mass is 184 g/mol. The number of nitrogens with zero attached hydrogens (tertiary/aromatic N) is 2. The van der Waals surface area contributed by atoms with Crippen molar-refractivity contribution in [2.45, 2.75) is 25.0 Å². The van der Waals surface area contributed by atoms with Gasteiger partial charge in [0.15, 0.2) is 0 Å². The summed E-state index contributed by atoms with van der Waals surface area (Å²) in [6, 6.07) is 0.777. The van der Waals surface area contributed by atoms with Crippen LogP contribution in [0.3, 0.4) is 0 Å². The van der Waals surface area contributed by atoms with Gasteiger partial charge in [-0.1, -0.05) is 0 Å². The summed E-state index contributed by atoms with van der Waals surface area (Å²) in [7, 11) is 4.31. The molecule has 3 nitrogen and oxygen atoms in total. The van der Waals surface area contributed by atoms with Crippen molar-refractivity contribution in [1.82, 2.24) is 9.80 Å². The standard InChI is InChI=1S/C10H20N2O/c1-11(2)6-9-4-3-5-12(9)7-10-8-13-10/h9-10H,3-8H2,1-2H3. The van der Waals surface area contributed by atoms with E-state index in [2.05, 4.69) is 23.9 Å². The highest BCUT2D eigenvalue weighted by Gasteiger charge is 2.31. The fourth-order valence-corrected chi connectivity index (χ4v) is 2.20. The smallest absolute Gasteiger partial charge is 0.0936 e. The van der Waals surface area contributed by atoms with Gasteiger partial charge < -0.3 is 9.64 Å². The van der Waals surface area contributed by atoms with E-state index in [1.807, 2.05) is 0 Å². The van der Waals surface area contributed by atoms with Gasteiger partial charge in [-0.2, -0.15) is 0 Å². The minimum absolute atomic E-state index is 0.558. The molecule has 0 aliphatic carbocycles. The van der Waals surface area contributed by atoms with E-state index >= 15 is 0 Å². The third-order valence-corrected chi connectivity index (χ3v) is 2.92. The molecule has 0 aromatic heterocycles. The van der Waals surface area contributed by atoms with Crippen molar-refractivity contribution in [1.29, 1.82) is 0 Å². The molecule has 2 aliphatic heterocycles. The van der Waals surface area contributed by atoms with Gasteiger partial charge in [0, 0.05) is 19.1 Å². The van der Waals surface area contributed by atoms with Gasteiger partial charge in [0.2, 0.25) is 0 Å². The predicted octanol–water partition coefficient (Wildman–Crippen LogP) is 0.411. The van der Waals surface area contributed by atoms with Crippen molar-refractivity contribution in [3.8, 4) is 0 Å². The lowest BCUT2D eigenvalue weighted by atomic mass is 10.2. The Hall–Kier alpha value is -0.120. The van der Waals surface area contributed by atoms with Gasteiger partial charge in [0.05, 0.1) is 12.7 Å². The second-order valence-electron chi connectivity index (χ2n) is 4.51. The normalized spacial score (nSPS) is 34.4. The Morgan fingerprint density at radius 3 is 2.85 bits per heavy atom. The van der Waals surface area contributed by atoms with Crippen LogP contribution in [0.1, 0.15) is 12.8 Å². The van der Waals surface area contributed by atoms with Crippen LogP contribution in [0.5, 0.6) is 0 Å². The number of ether oxygens (including phenoxy) is 1. The quantitative estimate of drug-likeness (QED) is 0.590. The molecule has 2 heterocycles. The Morgan fingerprint density at radius 1 is 1.46 bits per heavy atom. The van der Waals surface area contributed by atoms with E-state index in [1.165, 1.54) is 32.5 Å². The average Bonchev–Trinajstić information content (AvgIpc) is 2.75. The van der Waals surface area contributed by atoms with Crippen LogP contribution in [0.4, 0.5) is 0 Å². The zero-order chi connectivity index (χ0) is 9.26. The third-order valence-electron chi connectivity index (χ3n) is 2.92. The molecule has 0 spiro atoms. The Labute approximate surface area is 80.6 Å². The van der Waals surface area contributed by atoms with Crippen LogP contribution >= 0.6 is 0 Å². The molecule has 2 unspecified atom stereocenters. The first-order valence-electron chi connectivity index (χ1n) is 5.26. The van der Waals surface area contributed by atoms with Crippen LogP contribution in [0, 0.1) is 0 Å². The van der Waals surface area contributed by atoms with Gasteiger partial charge in [0.25, 0.3) is 0 Å². The van der Waals surface area contributed by atoms with E-state index in [4.69, 9.17) is 4.74 Å². The molecular weight excluding hydrogens is 164 g/mol. The summed E-state index contributed by atoms with van der Waals surface area (Å²) < 4.78 is 5.27. The highest BCUT2D eigenvalue weighted by atomic mass is 16.6. The molecule has 0 radical (unpaired) electrons. The first-order chi connectivity index (χ1) is 6.25. The van der Waals surface area contributed by atoms with Crippen LogP contribution in [0.2, 0.25) is 0 Å². The molecule has 0 bridgehead atoms. The average molecular weight is 184 g/mol. The molecule has 13 heavy (non-hydrogen) atoms. The summed E-state index contributed by atoms with van der Waals surface area (Å²) in [6.07, 6.45) is 3.29. The molecule has 2 rings (SSSR count). The first-order valence-corrected chi connectivity index (χ1v) is 5.26. The lowest BCUT2D eigenvalue weighted by Gasteiger charge is -2.26. The molecule has 0 aromatic rings. The SMILES string of the molecule is CN(C)CC1CCCN1CC1CO1. The number of rotatable bonds is 4. The maximum Gasteiger partial charge on any atom is 0.0936 e. The van der Waals surface area contributed by atoms with Gasteiger partial charge in [-0.25, -0.2) is 0 Å². The van der Waals surface area contributed by atoms with Gasteiger partial charge >= 0.3 is 0 Å². The zero-order valence-electron chi connectivity index (χ0n) is 8.70. The van der Waals surface area contributed by atoms with E-state index in [0.717, 1.165) is 12.6 Å². The second kappa shape index (κ2) is 3.95. The topological polar surface area (TPSA) is 19.0 Å². The van der Waals surface area contributed by atoms with Crippen molar-refractivity contribution in [3.63, 3.8) is 0 Å². The minimum Gasteiger partial charge on any atom is -0.372 e. The van der Waals surface area contributed by atoms with E-state index < -0.39 is 0 Å². The van der Waals surface area contributed by atoms with Gasteiger partial charge in [-0.3, -0.25) is 4.90 Å². The summed E-state index contributed by atoms with van der Waals surface area (Å²) >= 11 is 0. The van der Waals surface area contributed by atoms with Crippen LogP contribution in [-0.4, -0.2) is 62.3 Å². The van der Waals surface area contributed by atoms with E-state index in [0.29, 0.717) is 6.10 Å². The second-order valence-corrected chi connectivity index (χ2v) is 4.51. The molecule has 76 valence electrons. The van der Waals surface area contributed by atoms with Crippen molar-refractivity contribution in [2.24, 2.45) is 0 Å². The molecule has 2 fully saturated rings. The Bertz CT molecular complexity index is 158. The van der Waals surface area contributed by atoms with Crippen molar-refractivity contribution in [2.75, 3.05) is 40.3 Å². The Morgan fingerprint density at radius 2 is 2.23 bits per heavy atom. The lowest BCUT2D eigenvalue weighted by Crippen LogP contribution is -2.39. The summed E-state index contributed by atoms with van der Waals surface area (Å²) in [5.41, 5.74) is 0. The molecule has 0 saturated carbocycles. The predicted molar refractivity (Wildman–Crippen MR) is 52.9 cm³/mol. The zero-order valence-corrected chi connectivity index (χ0v) is 8.70. The maximum atomic E-state index is 5.27. The number of likely N-dealkylation sites (N-methyl/N-ethyl adjacent to an activating group) is 1. The number of likely N-dealkylation sites (tertiary alicyclic amines) is 1. The van der Waals surface area contributed by atoms with Crippen LogP contribution in [0.25, 0.3) is 0 Å². The number of epoxide rings is 1. The summed E-state index contributed by atoms with van der Waals surface area (Å²) in [5.74, 6) is 0. The van der Waals surface area contributed by atoms with E-state index in [9.17, 15) is 0 Å². The molecule has 2 atom stereocenters. The van der Waals surface area contributed by atoms with Gasteiger partial charge in [-0.05, 0) is 33.5 Å². The van der Waals surface area contributed by atoms with Gasteiger partial charge in [0.1, 0.15) is 0 Å². The number of hydrogen-bond acceptors (Lipinski definition) is 3. The largest absolute Gasteiger partial charge is 0.372 e. The lowest BCUT2D eigenvalue weighted by molar-refractivity contribution is 0.191. The first kappa shape index (κ1) is 9.44. The fourth-order valence-electron chi connectivity index (χ4n) is 2.20. The van der Waals surface area contributed by atoms with Crippen LogP contribution in [-0.2, 0) is 4.74 Å². The summed E-state index contributed by atoms with van der Waals surface area (Å²) in [4.78, 5) is 4.88. The molecular formula is C10H20N2O. The summed E-state index contributed by atoms with van der Waals surface area (Å²) in [5, 5.41) is 0. The Balaban J connectivity index is 1.78. The molecule has 2 aliphatic rings. The highest BCUT2D eigenvalue weighted by Crippen LogP contribution is 2.21. The minimum atomic E-state index is 0.558. The van der Waals surface area contributed by atoms with Gasteiger partial charge in [-0.15, -0.1) is 0 Å². The molecule has 3 heteroatoms. The van der Waals surface area contributed by atoms with Crippen molar-refractivity contribution in [3.05, 3.63) is 0 Å². The van der Waals surface area contributed by atoms with Crippen molar-refractivity contribution >= 4 is 0 Å². The van der Waals surface area contributed by atoms with E-state index in [1.54, 1.807) is 0 Å². The van der Waals surface area contributed by atoms with E-state index in [-0.39, 0.29) is 0 Å². The Kier molecular flexibility index (Phi) is 2.86. The van der Waals surface area contributed by atoms with Crippen molar-refractivity contribution < 1.29 is 4.74 Å². The molecule has 0 amide bonds. The molecule has 0 N–H and O–H groups in total. The van der Waals surface area contributed by atoms with Crippen LogP contribution < -0.4 is 0 Å². The highest BCUT2D eigenvalue weighted by molar-refractivity contribution is 4.85. The molecule has 2 saturated heterocycles. The maximum absolute atomic E-state index is 5.27. The fraction of sp³-hybridized carbons (Fsp3) is 1.00. The van der Waals surface area contributed by atoms with Crippen LogP contribution in [0.15, 0.2) is 0 Å². The molecule has 0 aromatic carbocycles. The number of hydrogen-bond donors (Lipinski definition) is 0.